The van der Waals surface area contributed by atoms with E-state index in [4.69, 9.17) is 0 Å². The van der Waals surface area contributed by atoms with Crippen LogP contribution in [0.1, 0.15) is 40.5 Å². The van der Waals surface area contributed by atoms with Gasteiger partial charge in [-0.2, -0.15) is 0 Å². The number of hydrogen-bond acceptors (Lipinski definition) is 4. The van der Waals surface area contributed by atoms with Gasteiger partial charge in [-0.1, -0.05) is 13.8 Å². The molecule has 1 rings (SSSR count). The molecule has 1 saturated heterocycles. The second kappa shape index (κ2) is 7.74. The lowest BCUT2D eigenvalue weighted by atomic mass is 9.83. The average Bonchev–Trinajstić information content (AvgIpc) is 2.44. The Bertz CT molecular complexity index is 261. The zero-order valence-corrected chi connectivity index (χ0v) is 14.2. The Kier molecular flexibility index (Phi) is 6.92. The van der Waals surface area contributed by atoms with E-state index in [1.165, 1.54) is 0 Å². The van der Waals surface area contributed by atoms with Gasteiger partial charge in [0.05, 0.1) is 0 Å². The molecule has 1 heterocycles. The van der Waals surface area contributed by atoms with Gasteiger partial charge >= 0.3 is 0 Å². The minimum atomic E-state index is 0.0538. The molecule has 1 aliphatic heterocycles. The van der Waals surface area contributed by atoms with Crippen molar-refractivity contribution in [1.29, 1.82) is 0 Å². The molecule has 0 spiro atoms. The van der Waals surface area contributed by atoms with Gasteiger partial charge in [0.25, 0.3) is 0 Å². The Morgan fingerprint density at radius 3 is 2.00 bits per heavy atom. The molecule has 0 radical (unpaired) electrons. The summed E-state index contributed by atoms with van der Waals surface area (Å²) in [6.07, 6.45) is 2.06. The zero-order chi connectivity index (χ0) is 15.2. The molecule has 0 aromatic heterocycles. The van der Waals surface area contributed by atoms with Gasteiger partial charge in [-0.05, 0) is 33.7 Å². The Morgan fingerprint density at radius 2 is 1.55 bits per heavy atom. The molecule has 0 aromatic rings. The van der Waals surface area contributed by atoms with E-state index >= 15 is 0 Å². The van der Waals surface area contributed by atoms with E-state index in [1.807, 2.05) is 0 Å². The van der Waals surface area contributed by atoms with Crippen molar-refractivity contribution in [2.45, 2.75) is 46.1 Å². The fourth-order valence-electron chi connectivity index (χ4n) is 2.94. The minimum absolute atomic E-state index is 0.0538. The van der Waals surface area contributed by atoms with Gasteiger partial charge < -0.3 is 15.3 Å². The SMILES string of the molecule is CCC(CC)(CO)CNCC(C)(C)N1CCN(C)CC1. The van der Waals surface area contributed by atoms with Gasteiger partial charge in [0.1, 0.15) is 0 Å². The summed E-state index contributed by atoms with van der Waals surface area (Å²) in [5.41, 5.74) is 0.238. The van der Waals surface area contributed by atoms with Crippen molar-refractivity contribution in [2.24, 2.45) is 5.41 Å². The molecular formula is C16H35N3O. The number of likely N-dealkylation sites (N-methyl/N-ethyl adjacent to an activating group) is 1. The Balaban J connectivity index is 2.43. The number of aliphatic hydroxyl groups excluding tert-OH is 1. The van der Waals surface area contributed by atoms with E-state index in [1.54, 1.807) is 0 Å². The number of aliphatic hydroxyl groups is 1. The van der Waals surface area contributed by atoms with Gasteiger partial charge in [0, 0.05) is 56.8 Å². The molecule has 0 atom stereocenters. The maximum Gasteiger partial charge on any atom is 0.0499 e. The fourth-order valence-corrected chi connectivity index (χ4v) is 2.94. The van der Waals surface area contributed by atoms with Crippen LogP contribution in [-0.2, 0) is 0 Å². The molecule has 4 nitrogen and oxygen atoms in total. The molecule has 0 aromatic carbocycles. The van der Waals surface area contributed by atoms with Crippen LogP contribution in [0, 0.1) is 5.41 Å². The van der Waals surface area contributed by atoms with Crippen molar-refractivity contribution < 1.29 is 5.11 Å². The van der Waals surface area contributed by atoms with Crippen LogP contribution in [-0.4, -0.2) is 73.4 Å². The predicted octanol–water partition coefficient (Wildman–Crippen LogP) is 1.40. The molecular weight excluding hydrogens is 250 g/mol. The van der Waals surface area contributed by atoms with Crippen LogP contribution in [0.2, 0.25) is 0 Å². The quantitative estimate of drug-likeness (QED) is 0.707. The molecule has 0 aliphatic carbocycles. The number of hydrogen-bond donors (Lipinski definition) is 2. The lowest BCUT2D eigenvalue weighted by molar-refractivity contribution is 0.0552. The van der Waals surface area contributed by atoms with Crippen molar-refractivity contribution in [3.8, 4) is 0 Å². The predicted molar refractivity (Wildman–Crippen MR) is 86.1 cm³/mol. The van der Waals surface area contributed by atoms with E-state index in [0.29, 0.717) is 0 Å². The topological polar surface area (TPSA) is 38.7 Å². The average molecular weight is 285 g/mol. The third-order valence-corrected chi connectivity index (χ3v) is 5.25. The number of rotatable bonds is 8. The zero-order valence-electron chi connectivity index (χ0n) is 14.2. The second-order valence-electron chi connectivity index (χ2n) is 7.07. The van der Waals surface area contributed by atoms with Gasteiger partial charge in [-0.25, -0.2) is 0 Å². The maximum atomic E-state index is 9.63. The van der Waals surface area contributed by atoms with Crippen LogP contribution in [0.25, 0.3) is 0 Å². The lowest BCUT2D eigenvalue weighted by Gasteiger charge is -2.44. The first kappa shape index (κ1) is 17.9. The van der Waals surface area contributed by atoms with Gasteiger partial charge in [0.15, 0.2) is 0 Å². The first-order valence-corrected chi connectivity index (χ1v) is 8.14. The number of piperazine rings is 1. The second-order valence-corrected chi connectivity index (χ2v) is 7.07. The third kappa shape index (κ3) is 4.69. The van der Waals surface area contributed by atoms with Crippen LogP contribution in [0.4, 0.5) is 0 Å². The van der Waals surface area contributed by atoms with Gasteiger partial charge in [-0.15, -0.1) is 0 Å². The largest absolute Gasteiger partial charge is 0.396 e. The van der Waals surface area contributed by atoms with Crippen molar-refractivity contribution in [3.05, 3.63) is 0 Å². The Hall–Kier alpha value is -0.160. The number of nitrogens with zero attached hydrogens (tertiary/aromatic N) is 2. The molecule has 4 heteroatoms. The van der Waals surface area contributed by atoms with Crippen LogP contribution in [0.3, 0.4) is 0 Å². The van der Waals surface area contributed by atoms with E-state index in [-0.39, 0.29) is 17.6 Å². The monoisotopic (exact) mass is 285 g/mol. The van der Waals surface area contributed by atoms with E-state index in [9.17, 15) is 5.11 Å². The Labute approximate surface area is 125 Å². The van der Waals surface area contributed by atoms with Crippen molar-refractivity contribution in [3.63, 3.8) is 0 Å². The van der Waals surface area contributed by atoms with E-state index in [0.717, 1.165) is 52.1 Å². The lowest BCUT2D eigenvalue weighted by Crippen LogP contribution is -2.58. The fraction of sp³-hybridized carbons (Fsp3) is 1.00. The summed E-state index contributed by atoms with van der Waals surface area (Å²) < 4.78 is 0. The summed E-state index contributed by atoms with van der Waals surface area (Å²) in [7, 11) is 2.20. The molecule has 1 aliphatic rings. The van der Waals surface area contributed by atoms with Crippen LogP contribution >= 0.6 is 0 Å². The minimum Gasteiger partial charge on any atom is -0.396 e. The van der Waals surface area contributed by atoms with Gasteiger partial charge in [0.2, 0.25) is 0 Å². The summed E-state index contributed by atoms with van der Waals surface area (Å²) >= 11 is 0. The standard InChI is InChI=1S/C16H35N3O/c1-6-16(7-2,14-20)13-17-12-15(3,4)19-10-8-18(5)9-11-19/h17,20H,6-14H2,1-5H3. The van der Waals surface area contributed by atoms with Crippen LogP contribution < -0.4 is 5.32 Å². The normalized spacial score (nSPS) is 19.5. The van der Waals surface area contributed by atoms with Crippen molar-refractivity contribution in [1.82, 2.24) is 15.1 Å². The summed E-state index contributed by atoms with van der Waals surface area (Å²) in [6, 6.07) is 0. The smallest absolute Gasteiger partial charge is 0.0499 e. The highest BCUT2D eigenvalue weighted by molar-refractivity contribution is 4.88. The molecule has 0 amide bonds. The summed E-state index contributed by atoms with van der Waals surface area (Å²) in [4.78, 5) is 4.98. The van der Waals surface area contributed by atoms with Crippen LogP contribution in [0.5, 0.6) is 0 Å². The van der Waals surface area contributed by atoms with Crippen molar-refractivity contribution >= 4 is 0 Å². The highest BCUT2D eigenvalue weighted by atomic mass is 16.3. The van der Waals surface area contributed by atoms with Gasteiger partial charge in [-0.3, -0.25) is 4.90 Å². The first-order chi connectivity index (χ1) is 9.39. The number of nitrogens with one attached hydrogen (secondary N) is 1. The molecule has 120 valence electrons. The van der Waals surface area contributed by atoms with E-state index < -0.39 is 0 Å². The maximum absolute atomic E-state index is 9.63. The highest BCUT2D eigenvalue weighted by Gasteiger charge is 2.30. The first-order valence-electron chi connectivity index (χ1n) is 8.14. The molecule has 1 fully saturated rings. The van der Waals surface area contributed by atoms with Crippen LogP contribution in [0.15, 0.2) is 0 Å². The summed E-state index contributed by atoms with van der Waals surface area (Å²) in [6.45, 7) is 15.8. The molecule has 0 unspecified atom stereocenters. The van der Waals surface area contributed by atoms with Crippen molar-refractivity contribution in [2.75, 3.05) is 52.9 Å². The Morgan fingerprint density at radius 1 is 1.00 bits per heavy atom. The van der Waals surface area contributed by atoms with E-state index in [2.05, 4.69) is 49.9 Å². The molecule has 2 N–H and O–H groups in total. The summed E-state index contributed by atoms with van der Waals surface area (Å²) in [5, 5.41) is 13.2. The molecule has 0 bridgehead atoms. The molecule has 20 heavy (non-hydrogen) atoms. The molecule has 0 saturated carbocycles. The highest BCUT2D eigenvalue weighted by Crippen LogP contribution is 2.25. The summed E-state index contributed by atoms with van der Waals surface area (Å²) in [5.74, 6) is 0. The third-order valence-electron chi connectivity index (χ3n) is 5.25.